The van der Waals surface area contributed by atoms with Crippen molar-refractivity contribution in [2.45, 2.75) is 26.1 Å². The second-order valence-corrected chi connectivity index (χ2v) is 10.00. The third-order valence-electron chi connectivity index (χ3n) is 6.44. The van der Waals surface area contributed by atoms with Gasteiger partial charge in [-0.05, 0) is 41.9 Å². The molecule has 5 rings (SSSR count). The summed E-state index contributed by atoms with van der Waals surface area (Å²) in [5.41, 5.74) is 5.43. The van der Waals surface area contributed by atoms with E-state index in [1.807, 2.05) is 24.1 Å². The molecule has 168 valence electrons. The van der Waals surface area contributed by atoms with E-state index in [4.69, 9.17) is 5.11 Å². The molecule has 0 saturated carbocycles. The Bertz CT molecular complexity index is 1130. The molecule has 1 N–H and O–H groups in total. The van der Waals surface area contributed by atoms with Crippen LogP contribution in [0.2, 0.25) is 0 Å². The molecule has 2 unspecified atom stereocenters. The van der Waals surface area contributed by atoms with Gasteiger partial charge in [0, 0.05) is 57.4 Å². The molecule has 32 heavy (non-hydrogen) atoms. The molecule has 0 aliphatic carbocycles. The van der Waals surface area contributed by atoms with Gasteiger partial charge >= 0.3 is 0 Å². The second kappa shape index (κ2) is 8.81. The smallest absolute Gasteiger partial charge is 0.252 e. The van der Waals surface area contributed by atoms with Crippen LogP contribution in [0.15, 0.2) is 48.6 Å². The van der Waals surface area contributed by atoms with Gasteiger partial charge in [-0.3, -0.25) is 9.69 Å². The average Bonchev–Trinajstić information content (AvgIpc) is 3.19. The van der Waals surface area contributed by atoms with E-state index in [2.05, 4.69) is 56.7 Å². The molecule has 1 saturated heterocycles. The Morgan fingerprint density at radius 1 is 1.22 bits per heavy atom. The fourth-order valence-electron chi connectivity index (χ4n) is 4.69. The van der Waals surface area contributed by atoms with E-state index in [9.17, 15) is 4.79 Å². The number of pyridine rings is 1. The molecule has 2 aromatic rings. The fraction of sp³-hybridized carbons (Fsp3) is 0.417. The zero-order chi connectivity index (χ0) is 22.2. The van der Waals surface area contributed by atoms with Crippen molar-refractivity contribution in [3.63, 3.8) is 0 Å². The van der Waals surface area contributed by atoms with Gasteiger partial charge < -0.3 is 19.3 Å². The average molecular weight is 452 g/mol. The first-order valence-electron chi connectivity index (χ1n) is 11.3. The number of nitrogens with zero attached hydrogens (tertiary/aromatic N) is 5. The molecular weight excluding hydrogens is 421 g/mol. The zero-order valence-electron chi connectivity index (χ0n) is 18.7. The number of aliphatic hydroxyl groups excluding tert-OH is 1. The predicted octanol–water partition coefficient (Wildman–Crippen LogP) is 2.41. The first kappa shape index (κ1) is 21.4. The summed E-state index contributed by atoms with van der Waals surface area (Å²) >= 11 is 0. The predicted molar refractivity (Wildman–Crippen MR) is 129 cm³/mol. The lowest BCUT2D eigenvalue weighted by Crippen LogP contribution is -2.47. The molecule has 0 bridgehead atoms. The zero-order valence-corrected chi connectivity index (χ0v) is 19.7. The highest BCUT2D eigenvalue weighted by atomic mass is 31.1. The minimum atomic E-state index is 0.0458. The molecule has 0 radical (unpaired) electrons. The summed E-state index contributed by atoms with van der Waals surface area (Å²) in [6.45, 7) is 8.79. The lowest BCUT2D eigenvalue weighted by molar-refractivity contribution is -0.123. The maximum atomic E-state index is 13.1. The van der Waals surface area contributed by atoms with E-state index in [0.717, 1.165) is 67.1 Å². The first-order chi connectivity index (χ1) is 15.6. The highest BCUT2D eigenvalue weighted by Crippen LogP contribution is 2.45. The summed E-state index contributed by atoms with van der Waals surface area (Å²) in [6.07, 6.45) is 13.3. The van der Waals surface area contributed by atoms with Crippen LogP contribution in [0.4, 0.5) is 0 Å². The summed E-state index contributed by atoms with van der Waals surface area (Å²) in [5, 5.41) is 10.3. The molecule has 1 amide bonds. The van der Waals surface area contributed by atoms with Crippen molar-refractivity contribution < 1.29 is 9.90 Å². The number of β-amino-alcohol motifs (C(OH)–C–C–N with tert-alkyl or cyclic N) is 1. The number of allylic oxidation sites excluding steroid dienone is 1. The Kier molecular flexibility index (Phi) is 5.89. The molecule has 1 fully saturated rings. The molecule has 5 heterocycles. The molecule has 8 heteroatoms. The minimum absolute atomic E-state index is 0.0458. The van der Waals surface area contributed by atoms with Crippen molar-refractivity contribution in [3.05, 3.63) is 65.4 Å². The molecule has 7 nitrogen and oxygen atoms in total. The summed E-state index contributed by atoms with van der Waals surface area (Å²) in [5.74, 6) is 0.122. The molecule has 3 aliphatic heterocycles. The van der Waals surface area contributed by atoms with Gasteiger partial charge in [0.25, 0.3) is 5.91 Å². The van der Waals surface area contributed by atoms with Gasteiger partial charge in [0.2, 0.25) is 0 Å². The maximum absolute atomic E-state index is 13.1. The van der Waals surface area contributed by atoms with Crippen LogP contribution in [0.25, 0.3) is 11.0 Å². The first-order valence-corrected chi connectivity index (χ1v) is 12.4. The molecule has 2 atom stereocenters. The van der Waals surface area contributed by atoms with Gasteiger partial charge in [-0.25, -0.2) is 4.98 Å². The maximum Gasteiger partial charge on any atom is 0.252 e. The third-order valence-corrected chi connectivity index (χ3v) is 7.95. The number of rotatable bonds is 5. The number of hydrogen-bond acceptors (Lipinski definition) is 5. The van der Waals surface area contributed by atoms with E-state index in [0.29, 0.717) is 8.58 Å². The van der Waals surface area contributed by atoms with Crippen molar-refractivity contribution in [1.29, 1.82) is 0 Å². The van der Waals surface area contributed by atoms with Crippen LogP contribution in [0.3, 0.4) is 0 Å². The summed E-state index contributed by atoms with van der Waals surface area (Å²) in [7, 11) is 0.503. The Hall–Kier alpha value is -2.47. The van der Waals surface area contributed by atoms with Crippen LogP contribution in [0.1, 0.15) is 23.7 Å². The summed E-state index contributed by atoms with van der Waals surface area (Å²) in [6, 6.07) is 2.20. The third kappa shape index (κ3) is 4.01. The van der Waals surface area contributed by atoms with Crippen molar-refractivity contribution in [3.8, 4) is 0 Å². The van der Waals surface area contributed by atoms with Gasteiger partial charge in [0.1, 0.15) is 5.65 Å². The van der Waals surface area contributed by atoms with E-state index in [-0.39, 0.29) is 18.3 Å². The molecule has 2 aromatic heterocycles. The Morgan fingerprint density at radius 2 is 2.03 bits per heavy atom. The number of aliphatic hydroxyl groups is 1. The Morgan fingerprint density at radius 3 is 2.78 bits per heavy atom. The van der Waals surface area contributed by atoms with Crippen LogP contribution < -0.4 is 0 Å². The lowest BCUT2D eigenvalue weighted by Gasteiger charge is -2.40. The van der Waals surface area contributed by atoms with Gasteiger partial charge in [-0.15, -0.1) is 0 Å². The van der Waals surface area contributed by atoms with Crippen LogP contribution in [0, 0.1) is 6.92 Å². The van der Waals surface area contributed by atoms with Crippen molar-refractivity contribution in [2.24, 2.45) is 0 Å². The Labute approximate surface area is 190 Å². The topological polar surface area (TPSA) is 64.3 Å². The fourth-order valence-corrected chi connectivity index (χ4v) is 6.05. The Balaban J connectivity index is 1.37. The van der Waals surface area contributed by atoms with Crippen molar-refractivity contribution >= 4 is 25.4 Å². The number of aryl methyl sites for hydroxylation is 2. The largest absolute Gasteiger partial charge is 0.395 e. The standard InChI is InChI=1S/C24H30N5O2P/c1-3-18-12-19(15-28-14-17(2)25-24(18)28)21-13-22(31)29-16-20(4-5-23(29)32-21)27-8-6-26(7-9-27)10-11-30/h4-5,12-16,23,30,32H,3,6-11H2,1-2H3. The SMILES string of the molecule is CCc1cc(C2=CC(=O)N3C=C(N4CCN(CCO)CC4)C=CC3P2)cn2cc(C)nc12. The minimum Gasteiger partial charge on any atom is -0.395 e. The molecular formula is C24H30N5O2P. The van der Waals surface area contributed by atoms with E-state index in [1.165, 1.54) is 5.56 Å². The van der Waals surface area contributed by atoms with Gasteiger partial charge in [0.05, 0.1) is 23.8 Å². The number of amides is 1. The lowest BCUT2D eigenvalue weighted by atomic mass is 10.1. The number of hydrogen-bond donors (Lipinski definition) is 1. The summed E-state index contributed by atoms with van der Waals surface area (Å²) in [4.78, 5) is 24.2. The highest BCUT2D eigenvalue weighted by Gasteiger charge is 2.30. The monoisotopic (exact) mass is 451 g/mol. The van der Waals surface area contributed by atoms with E-state index >= 15 is 0 Å². The van der Waals surface area contributed by atoms with Crippen LogP contribution in [0.5, 0.6) is 0 Å². The van der Waals surface area contributed by atoms with Crippen molar-refractivity contribution in [2.75, 3.05) is 39.3 Å². The van der Waals surface area contributed by atoms with Gasteiger partial charge in [-0.1, -0.05) is 21.6 Å². The number of carbonyl (C=O) groups is 1. The quantitative estimate of drug-likeness (QED) is 0.708. The number of carbonyl (C=O) groups excluding carboxylic acids is 1. The van der Waals surface area contributed by atoms with E-state index < -0.39 is 0 Å². The number of piperazine rings is 1. The second-order valence-electron chi connectivity index (χ2n) is 8.58. The summed E-state index contributed by atoms with van der Waals surface area (Å²) < 4.78 is 2.09. The van der Waals surface area contributed by atoms with Crippen LogP contribution >= 0.6 is 8.58 Å². The molecule has 3 aliphatic rings. The van der Waals surface area contributed by atoms with Crippen LogP contribution in [-0.2, 0) is 11.2 Å². The van der Waals surface area contributed by atoms with E-state index in [1.54, 1.807) is 0 Å². The highest BCUT2D eigenvalue weighted by molar-refractivity contribution is 7.51. The number of imidazole rings is 1. The normalized spacial score (nSPS) is 22.5. The number of aromatic nitrogens is 2. The molecule has 0 aromatic carbocycles. The number of fused-ring (bicyclic) bond motifs is 2. The van der Waals surface area contributed by atoms with Crippen molar-refractivity contribution in [1.82, 2.24) is 24.1 Å². The van der Waals surface area contributed by atoms with Gasteiger partial charge in [0.15, 0.2) is 0 Å². The van der Waals surface area contributed by atoms with Crippen LogP contribution in [-0.4, -0.2) is 80.2 Å². The molecule has 0 spiro atoms. The van der Waals surface area contributed by atoms with Gasteiger partial charge in [-0.2, -0.15) is 0 Å².